The molecule has 2 amide bonds. The number of amides is 2. The van der Waals surface area contributed by atoms with Gasteiger partial charge in [0.1, 0.15) is 6.04 Å². The smallest absolute Gasteiger partial charge is 0.240 e. The monoisotopic (exact) mass is 384 g/mol. The maximum atomic E-state index is 12.5. The molecule has 0 spiro atoms. The molecule has 0 radical (unpaired) electrons. The summed E-state index contributed by atoms with van der Waals surface area (Å²) in [7, 11) is 0. The van der Waals surface area contributed by atoms with Crippen LogP contribution in [0.3, 0.4) is 0 Å². The van der Waals surface area contributed by atoms with Gasteiger partial charge >= 0.3 is 0 Å². The molecule has 6 nitrogen and oxygen atoms in total. The first-order valence-corrected chi connectivity index (χ1v) is 9.35. The maximum Gasteiger partial charge on any atom is 0.240 e. The molecule has 4 rings (SSSR count). The van der Waals surface area contributed by atoms with Crippen molar-refractivity contribution in [2.24, 2.45) is 5.73 Å². The van der Waals surface area contributed by atoms with Crippen LogP contribution in [0.1, 0.15) is 11.3 Å². The minimum Gasteiger partial charge on any atom is -0.368 e. The van der Waals surface area contributed by atoms with E-state index in [0.717, 1.165) is 27.4 Å². The Hall–Kier alpha value is -3.80. The molecule has 0 fully saturated rings. The highest BCUT2D eigenvalue weighted by Crippen LogP contribution is 2.16. The third-order valence-corrected chi connectivity index (χ3v) is 4.77. The molecule has 0 bridgehead atoms. The van der Waals surface area contributed by atoms with Crippen LogP contribution >= 0.6 is 0 Å². The number of benzene rings is 3. The van der Waals surface area contributed by atoms with E-state index < -0.39 is 11.9 Å². The summed E-state index contributed by atoms with van der Waals surface area (Å²) in [6.45, 7) is 0. The van der Waals surface area contributed by atoms with Crippen molar-refractivity contribution in [3.63, 3.8) is 0 Å². The Balaban J connectivity index is 1.46. The number of nitrogens with two attached hydrogens (primary N) is 1. The number of carbonyl (C=O) groups is 2. The average molecular weight is 384 g/mol. The van der Waals surface area contributed by atoms with Crippen molar-refractivity contribution in [2.75, 3.05) is 0 Å². The van der Waals surface area contributed by atoms with Crippen LogP contribution in [-0.2, 0) is 22.4 Å². The van der Waals surface area contributed by atoms with Gasteiger partial charge in [0.15, 0.2) is 0 Å². The number of carbonyl (C=O) groups excluding carboxylic acids is 2. The average Bonchev–Trinajstić information content (AvgIpc) is 2.73. The van der Waals surface area contributed by atoms with E-state index >= 15 is 0 Å². The minimum absolute atomic E-state index is 0.165. The number of hydrogen-bond acceptors (Lipinski definition) is 4. The van der Waals surface area contributed by atoms with Crippen LogP contribution in [0, 0.1) is 0 Å². The normalized spacial score (nSPS) is 12.0. The van der Waals surface area contributed by atoms with E-state index in [1.807, 2.05) is 66.7 Å². The zero-order valence-electron chi connectivity index (χ0n) is 15.7. The minimum atomic E-state index is -0.849. The molecule has 3 N–H and O–H groups in total. The van der Waals surface area contributed by atoms with Crippen molar-refractivity contribution in [3.8, 4) is 0 Å². The second kappa shape index (κ2) is 8.06. The number of para-hydroxylation sites is 2. The van der Waals surface area contributed by atoms with Crippen molar-refractivity contribution in [1.29, 1.82) is 0 Å². The van der Waals surface area contributed by atoms with Gasteiger partial charge in [0.2, 0.25) is 11.8 Å². The number of fused-ring (bicyclic) bond motifs is 2. The van der Waals surface area contributed by atoms with Gasteiger partial charge in [-0.3, -0.25) is 14.6 Å². The summed E-state index contributed by atoms with van der Waals surface area (Å²) in [6.07, 6.45) is 1.96. The Morgan fingerprint density at radius 3 is 2.45 bits per heavy atom. The van der Waals surface area contributed by atoms with E-state index in [2.05, 4.69) is 15.3 Å². The standard InChI is InChI=1S/C23H20N4O2/c24-23(29)21(13-18-14-25-19-7-3-4-8-20(19)26-18)27-22(28)12-15-9-10-16-5-1-2-6-17(16)11-15/h1-11,14,21H,12-13H2,(H2,24,29)(H,27,28)/t21-/m0/s1. The molecule has 0 aliphatic carbocycles. The Morgan fingerprint density at radius 2 is 1.66 bits per heavy atom. The van der Waals surface area contributed by atoms with Gasteiger partial charge in [0, 0.05) is 12.6 Å². The summed E-state index contributed by atoms with van der Waals surface area (Å²) in [5, 5.41) is 4.91. The number of nitrogens with zero attached hydrogens (tertiary/aromatic N) is 2. The molecule has 0 saturated carbocycles. The van der Waals surface area contributed by atoms with Crippen LogP contribution < -0.4 is 11.1 Å². The molecule has 0 unspecified atom stereocenters. The fourth-order valence-corrected chi connectivity index (χ4v) is 3.31. The molecule has 1 atom stereocenters. The Labute approximate surface area is 167 Å². The first kappa shape index (κ1) is 18.6. The molecule has 144 valence electrons. The van der Waals surface area contributed by atoms with E-state index in [1.165, 1.54) is 0 Å². The summed E-state index contributed by atoms with van der Waals surface area (Å²) in [5.74, 6) is -0.871. The number of rotatable bonds is 6. The first-order chi connectivity index (χ1) is 14.1. The predicted molar refractivity (Wildman–Crippen MR) is 112 cm³/mol. The van der Waals surface area contributed by atoms with Gasteiger partial charge in [-0.05, 0) is 28.5 Å². The quantitative estimate of drug-likeness (QED) is 0.534. The SMILES string of the molecule is NC(=O)[C@H](Cc1cnc2ccccc2n1)NC(=O)Cc1ccc2ccccc2c1. The Kier molecular flexibility index (Phi) is 5.16. The fraction of sp³-hybridized carbons (Fsp3) is 0.130. The lowest BCUT2D eigenvalue weighted by Gasteiger charge is -2.15. The lowest BCUT2D eigenvalue weighted by atomic mass is 10.0. The van der Waals surface area contributed by atoms with Gasteiger partial charge < -0.3 is 11.1 Å². The molecule has 3 aromatic carbocycles. The van der Waals surface area contributed by atoms with E-state index in [4.69, 9.17) is 5.73 Å². The molecule has 1 aromatic heterocycles. The van der Waals surface area contributed by atoms with Crippen LogP contribution in [-0.4, -0.2) is 27.8 Å². The van der Waals surface area contributed by atoms with Crippen LogP contribution in [0.15, 0.2) is 72.9 Å². The van der Waals surface area contributed by atoms with E-state index in [-0.39, 0.29) is 18.7 Å². The van der Waals surface area contributed by atoms with Crippen molar-refractivity contribution >= 4 is 33.6 Å². The molecule has 0 aliphatic heterocycles. The molecule has 4 aromatic rings. The van der Waals surface area contributed by atoms with Gasteiger partial charge in [0.25, 0.3) is 0 Å². The molecule has 29 heavy (non-hydrogen) atoms. The Bertz CT molecular complexity index is 1210. The zero-order valence-corrected chi connectivity index (χ0v) is 15.7. The Morgan fingerprint density at radius 1 is 0.931 bits per heavy atom. The van der Waals surface area contributed by atoms with Crippen LogP contribution in [0.2, 0.25) is 0 Å². The van der Waals surface area contributed by atoms with E-state index in [1.54, 1.807) is 6.20 Å². The van der Waals surface area contributed by atoms with E-state index in [9.17, 15) is 9.59 Å². The van der Waals surface area contributed by atoms with Crippen molar-refractivity contribution in [1.82, 2.24) is 15.3 Å². The molecular weight excluding hydrogens is 364 g/mol. The second-order valence-corrected chi connectivity index (χ2v) is 6.93. The first-order valence-electron chi connectivity index (χ1n) is 9.35. The summed E-state index contributed by atoms with van der Waals surface area (Å²) < 4.78 is 0. The number of aromatic nitrogens is 2. The van der Waals surface area contributed by atoms with Crippen molar-refractivity contribution in [2.45, 2.75) is 18.9 Å². The highest BCUT2D eigenvalue weighted by molar-refractivity contribution is 5.89. The summed E-state index contributed by atoms with van der Waals surface area (Å²) in [5.41, 5.74) is 8.48. The van der Waals surface area contributed by atoms with Gasteiger partial charge in [-0.1, -0.05) is 54.6 Å². The second-order valence-electron chi connectivity index (χ2n) is 6.93. The molecule has 0 aliphatic rings. The molecule has 6 heteroatoms. The largest absolute Gasteiger partial charge is 0.368 e. The lowest BCUT2D eigenvalue weighted by molar-refractivity contribution is -0.127. The summed E-state index contributed by atoms with van der Waals surface area (Å²) >= 11 is 0. The number of nitrogens with one attached hydrogen (secondary N) is 1. The lowest BCUT2D eigenvalue weighted by Crippen LogP contribution is -2.46. The third kappa shape index (κ3) is 4.38. The van der Waals surface area contributed by atoms with Gasteiger partial charge in [-0.15, -0.1) is 0 Å². The van der Waals surface area contributed by atoms with Gasteiger partial charge in [0.05, 0.1) is 23.1 Å². The maximum absolute atomic E-state index is 12.5. The van der Waals surface area contributed by atoms with Crippen LogP contribution in [0.25, 0.3) is 21.8 Å². The molecule has 0 saturated heterocycles. The number of hydrogen-bond donors (Lipinski definition) is 2. The van der Waals surface area contributed by atoms with Crippen molar-refractivity contribution in [3.05, 3.63) is 84.2 Å². The van der Waals surface area contributed by atoms with Crippen molar-refractivity contribution < 1.29 is 9.59 Å². The van der Waals surface area contributed by atoms with Gasteiger partial charge in [-0.2, -0.15) is 0 Å². The molecule has 1 heterocycles. The molecular formula is C23H20N4O2. The predicted octanol–water partition coefficient (Wildman–Crippen LogP) is 2.54. The zero-order chi connectivity index (χ0) is 20.2. The summed E-state index contributed by atoms with van der Waals surface area (Å²) in [6, 6.07) is 20.4. The fourth-order valence-electron chi connectivity index (χ4n) is 3.31. The summed E-state index contributed by atoms with van der Waals surface area (Å²) in [4.78, 5) is 33.2. The highest BCUT2D eigenvalue weighted by Gasteiger charge is 2.20. The van der Waals surface area contributed by atoms with E-state index in [0.29, 0.717) is 5.69 Å². The number of primary amides is 1. The van der Waals surface area contributed by atoms with Gasteiger partial charge in [-0.25, -0.2) is 4.98 Å². The van der Waals surface area contributed by atoms with Crippen LogP contribution in [0.5, 0.6) is 0 Å². The highest BCUT2D eigenvalue weighted by atomic mass is 16.2. The van der Waals surface area contributed by atoms with Crippen LogP contribution in [0.4, 0.5) is 0 Å². The topological polar surface area (TPSA) is 98.0 Å². The third-order valence-electron chi connectivity index (χ3n) is 4.77.